The molecular weight excluding hydrogens is 330 g/mol. The highest BCUT2D eigenvalue weighted by molar-refractivity contribution is 6.03. The standard InChI is InChI=1S/C21H15NO4/c1-13-4-6-14(7-5-13)20-12-17(23)16-11-15(8-9-18(16)26-20)22-21(24)19-3-2-10-25-19/h2-12H,1H3,(H,22,24). The number of furan rings is 1. The van der Waals surface area contributed by atoms with Gasteiger partial charge in [-0.1, -0.05) is 29.8 Å². The van der Waals surface area contributed by atoms with Crippen LogP contribution in [0.5, 0.6) is 0 Å². The maximum absolute atomic E-state index is 12.5. The number of carbonyl (C=O) groups is 1. The molecule has 0 aliphatic heterocycles. The molecule has 0 saturated heterocycles. The molecule has 5 nitrogen and oxygen atoms in total. The summed E-state index contributed by atoms with van der Waals surface area (Å²) in [6.07, 6.45) is 1.43. The maximum atomic E-state index is 12.5. The van der Waals surface area contributed by atoms with Crippen LogP contribution in [0.4, 0.5) is 5.69 Å². The van der Waals surface area contributed by atoms with Gasteiger partial charge >= 0.3 is 0 Å². The first-order valence-electron chi connectivity index (χ1n) is 8.10. The van der Waals surface area contributed by atoms with Crippen molar-refractivity contribution in [2.45, 2.75) is 6.92 Å². The molecule has 0 aliphatic carbocycles. The minimum absolute atomic E-state index is 0.170. The van der Waals surface area contributed by atoms with Gasteiger partial charge in [-0.3, -0.25) is 9.59 Å². The van der Waals surface area contributed by atoms with E-state index in [2.05, 4.69) is 5.32 Å². The predicted molar refractivity (Wildman–Crippen MR) is 99.3 cm³/mol. The summed E-state index contributed by atoms with van der Waals surface area (Å²) >= 11 is 0. The first-order valence-corrected chi connectivity index (χ1v) is 8.10. The fourth-order valence-electron chi connectivity index (χ4n) is 2.69. The summed E-state index contributed by atoms with van der Waals surface area (Å²) in [5.74, 6) is 0.330. The molecule has 2 heterocycles. The van der Waals surface area contributed by atoms with Gasteiger partial charge < -0.3 is 14.2 Å². The maximum Gasteiger partial charge on any atom is 0.291 e. The van der Waals surface area contributed by atoms with Crippen molar-refractivity contribution in [2.24, 2.45) is 0 Å². The monoisotopic (exact) mass is 345 g/mol. The second kappa shape index (κ2) is 6.37. The van der Waals surface area contributed by atoms with Crippen molar-refractivity contribution < 1.29 is 13.6 Å². The molecule has 128 valence electrons. The quantitative estimate of drug-likeness (QED) is 0.588. The van der Waals surface area contributed by atoms with Crippen LogP contribution in [-0.4, -0.2) is 5.91 Å². The van der Waals surface area contributed by atoms with E-state index in [9.17, 15) is 9.59 Å². The van der Waals surface area contributed by atoms with Crippen LogP contribution < -0.4 is 10.7 Å². The Hall–Kier alpha value is -3.60. The Balaban J connectivity index is 1.70. The van der Waals surface area contributed by atoms with Gasteiger partial charge in [-0.2, -0.15) is 0 Å². The zero-order valence-corrected chi connectivity index (χ0v) is 14.0. The van der Waals surface area contributed by atoms with E-state index in [0.29, 0.717) is 22.4 Å². The van der Waals surface area contributed by atoms with E-state index in [-0.39, 0.29) is 17.1 Å². The number of carbonyl (C=O) groups excluding carboxylic acids is 1. The molecule has 0 aliphatic rings. The van der Waals surface area contributed by atoms with Gasteiger partial charge in [0.05, 0.1) is 11.6 Å². The Morgan fingerprint density at radius 2 is 1.81 bits per heavy atom. The van der Waals surface area contributed by atoms with Crippen LogP contribution in [0, 0.1) is 6.92 Å². The largest absolute Gasteiger partial charge is 0.459 e. The fraction of sp³-hybridized carbons (Fsp3) is 0.0476. The van der Waals surface area contributed by atoms with Crippen LogP contribution in [0.2, 0.25) is 0 Å². The number of rotatable bonds is 3. The Morgan fingerprint density at radius 1 is 1.00 bits per heavy atom. The summed E-state index contributed by atoms with van der Waals surface area (Å²) in [6.45, 7) is 2.00. The topological polar surface area (TPSA) is 72.5 Å². The zero-order valence-electron chi connectivity index (χ0n) is 14.0. The second-order valence-corrected chi connectivity index (χ2v) is 5.98. The summed E-state index contributed by atoms with van der Waals surface area (Å²) in [7, 11) is 0. The van der Waals surface area contributed by atoms with Gasteiger partial charge in [-0.15, -0.1) is 0 Å². The van der Waals surface area contributed by atoms with Crippen LogP contribution in [0.1, 0.15) is 16.1 Å². The van der Waals surface area contributed by atoms with Crippen molar-refractivity contribution in [3.63, 3.8) is 0 Å². The van der Waals surface area contributed by atoms with E-state index in [4.69, 9.17) is 8.83 Å². The number of hydrogen-bond acceptors (Lipinski definition) is 4. The number of benzene rings is 2. The molecule has 1 N–H and O–H groups in total. The second-order valence-electron chi connectivity index (χ2n) is 5.98. The van der Waals surface area contributed by atoms with E-state index in [0.717, 1.165) is 11.1 Å². The first kappa shape index (κ1) is 15.9. The molecule has 2 aromatic carbocycles. The van der Waals surface area contributed by atoms with Crippen molar-refractivity contribution in [3.05, 3.63) is 88.5 Å². The number of amides is 1. The van der Waals surface area contributed by atoms with Crippen LogP contribution in [0.15, 0.2) is 80.6 Å². The summed E-state index contributed by atoms with van der Waals surface area (Å²) in [4.78, 5) is 24.6. The summed E-state index contributed by atoms with van der Waals surface area (Å²) < 4.78 is 10.9. The Labute approximate surface area is 148 Å². The number of aryl methyl sites for hydroxylation is 1. The van der Waals surface area contributed by atoms with E-state index >= 15 is 0 Å². The van der Waals surface area contributed by atoms with Crippen LogP contribution in [0.3, 0.4) is 0 Å². The lowest BCUT2D eigenvalue weighted by molar-refractivity contribution is 0.0996. The molecule has 2 aromatic heterocycles. The summed E-state index contributed by atoms with van der Waals surface area (Å²) in [5, 5.41) is 3.10. The third kappa shape index (κ3) is 3.02. The van der Waals surface area contributed by atoms with E-state index in [1.807, 2.05) is 31.2 Å². The Morgan fingerprint density at radius 3 is 2.54 bits per heavy atom. The molecular formula is C21H15NO4. The molecule has 0 bridgehead atoms. The van der Waals surface area contributed by atoms with Gasteiger partial charge in [0.15, 0.2) is 11.2 Å². The predicted octanol–water partition coefficient (Wildman–Crippen LogP) is 4.61. The van der Waals surface area contributed by atoms with Crippen LogP contribution >= 0.6 is 0 Å². The molecule has 1 amide bonds. The molecule has 4 aromatic rings. The average molecular weight is 345 g/mol. The van der Waals surface area contributed by atoms with Gasteiger partial charge in [0, 0.05) is 17.3 Å². The average Bonchev–Trinajstić information content (AvgIpc) is 3.17. The molecule has 0 fully saturated rings. The smallest absolute Gasteiger partial charge is 0.291 e. The molecule has 0 atom stereocenters. The molecule has 0 radical (unpaired) electrons. The van der Waals surface area contributed by atoms with Gasteiger partial charge in [0.2, 0.25) is 0 Å². The molecule has 26 heavy (non-hydrogen) atoms. The van der Waals surface area contributed by atoms with Gasteiger partial charge in [0.1, 0.15) is 11.3 Å². The normalized spacial score (nSPS) is 10.8. The zero-order chi connectivity index (χ0) is 18.1. The van der Waals surface area contributed by atoms with E-state index in [1.165, 1.54) is 12.3 Å². The minimum Gasteiger partial charge on any atom is -0.459 e. The summed E-state index contributed by atoms with van der Waals surface area (Å²) in [6, 6.07) is 17.4. The highest BCUT2D eigenvalue weighted by Crippen LogP contribution is 2.24. The number of fused-ring (bicyclic) bond motifs is 1. The SMILES string of the molecule is Cc1ccc(-c2cc(=O)c3cc(NC(=O)c4ccco4)ccc3o2)cc1. The first-order chi connectivity index (χ1) is 12.6. The fourth-order valence-corrected chi connectivity index (χ4v) is 2.69. The lowest BCUT2D eigenvalue weighted by atomic mass is 10.1. The Kier molecular flexibility index (Phi) is 3.89. The van der Waals surface area contributed by atoms with Crippen molar-refractivity contribution in [1.82, 2.24) is 0 Å². The van der Waals surface area contributed by atoms with Crippen LogP contribution in [-0.2, 0) is 0 Å². The third-order valence-corrected chi connectivity index (χ3v) is 4.07. The van der Waals surface area contributed by atoms with Gasteiger partial charge in [0.25, 0.3) is 5.91 Å². The van der Waals surface area contributed by atoms with Crippen LogP contribution in [0.25, 0.3) is 22.3 Å². The number of nitrogens with one attached hydrogen (secondary N) is 1. The van der Waals surface area contributed by atoms with Crippen molar-refractivity contribution in [1.29, 1.82) is 0 Å². The van der Waals surface area contributed by atoms with Gasteiger partial charge in [-0.05, 0) is 37.3 Å². The van der Waals surface area contributed by atoms with E-state index < -0.39 is 0 Å². The van der Waals surface area contributed by atoms with E-state index in [1.54, 1.807) is 30.3 Å². The van der Waals surface area contributed by atoms with Gasteiger partial charge in [-0.25, -0.2) is 0 Å². The van der Waals surface area contributed by atoms with Crippen molar-refractivity contribution in [3.8, 4) is 11.3 Å². The molecule has 5 heteroatoms. The highest BCUT2D eigenvalue weighted by atomic mass is 16.3. The molecule has 0 unspecified atom stereocenters. The highest BCUT2D eigenvalue weighted by Gasteiger charge is 2.11. The molecule has 0 spiro atoms. The Bertz CT molecular complexity index is 1140. The summed E-state index contributed by atoms with van der Waals surface area (Å²) in [5.41, 5.74) is 2.76. The number of anilines is 1. The third-order valence-electron chi connectivity index (χ3n) is 4.07. The molecule has 4 rings (SSSR count). The minimum atomic E-state index is -0.380. The lowest BCUT2D eigenvalue weighted by Gasteiger charge is -2.06. The van der Waals surface area contributed by atoms with Crippen molar-refractivity contribution >= 4 is 22.6 Å². The number of hydrogen-bond donors (Lipinski definition) is 1. The molecule has 0 saturated carbocycles. The van der Waals surface area contributed by atoms with Crippen molar-refractivity contribution in [2.75, 3.05) is 5.32 Å². The lowest BCUT2D eigenvalue weighted by Crippen LogP contribution is -2.11.